The number of nitrogens with zero attached hydrogens (tertiary/aromatic N) is 1. The summed E-state index contributed by atoms with van der Waals surface area (Å²) in [5, 5.41) is 6.54. The van der Waals surface area contributed by atoms with Crippen LogP contribution in [-0.4, -0.2) is 24.0 Å². The van der Waals surface area contributed by atoms with Crippen LogP contribution in [0.2, 0.25) is 0 Å². The van der Waals surface area contributed by atoms with Crippen molar-refractivity contribution in [1.29, 1.82) is 0 Å². The third-order valence-corrected chi connectivity index (χ3v) is 4.75. The highest BCUT2D eigenvalue weighted by atomic mass is 16.2. The van der Waals surface area contributed by atoms with Crippen molar-refractivity contribution in [3.05, 3.63) is 29.1 Å². The Kier molecular flexibility index (Phi) is 3.09. The number of nitrogens with one attached hydrogen (secondary N) is 2. The highest BCUT2D eigenvalue weighted by Gasteiger charge is 2.57. The number of amides is 1. The van der Waals surface area contributed by atoms with Crippen molar-refractivity contribution in [1.82, 2.24) is 15.6 Å². The monoisotopic (exact) mass is 273 g/mol. The van der Waals surface area contributed by atoms with Crippen LogP contribution in [-0.2, 0) is 10.3 Å². The second kappa shape index (κ2) is 4.55. The zero-order valence-corrected chi connectivity index (χ0v) is 12.7. The maximum absolute atomic E-state index is 12.4. The predicted molar refractivity (Wildman–Crippen MR) is 78.2 cm³/mol. The molecule has 3 atom stereocenters. The van der Waals surface area contributed by atoms with E-state index in [4.69, 9.17) is 0 Å². The van der Waals surface area contributed by atoms with E-state index < -0.39 is 0 Å². The Morgan fingerprint density at radius 3 is 2.60 bits per heavy atom. The number of rotatable bonds is 3. The van der Waals surface area contributed by atoms with Gasteiger partial charge in [-0.15, -0.1) is 0 Å². The molecule has 1 saturated heterocycles. The van der Waals surface area contributed by atoms with Gasteiger partial charge >= 0.3 is 0 Å². The lowest BCUT2D eigenvalue weighted by Gasteiger charge is -2.28. The van der Waals surface area contributed by atoms with Gasteiger partial charge in [0.25, 0.3) is 0 Å². The summed E-state index contributed by atoms with van der Waals surface area (Å²) in [6, 6.07) is 2.07. The molecule has 20 heavy (non-hydrogen) atoms. The Morgan fingerprint density at radius 2 is 2.00 bits per heavy atom. The Bertz CT molecular complexity index is 543. The van der Waals surface area contributed by atoms with E-state index in [0.717, 1.165) is 24.3 Å². The lowest BCUT2D eigenvalue weighted by molar-refractivity contribution is -0.124. The number of carbonyl (C=O) groups excluding carboxylic acids is 1. The number of pyridine rings is 1. The van der Waals surface area contributed by atoms with Gasteiger partial charge in [-0.2, -0.15) is 0 Å². The zero-order valence-electron chi connectivity index (χ0n) is 12.7. The summed E-state index contributed by atoms with van der Waals surface area (Å²) < 4.78 is 0. The number of piperidine rings is 1. The molecule has 0 bridgehead atoms. The molecule has 0 spiro atoms. The van der Waals surface area contributed by atoms with Crippen LogP contribution < -0.4 is 10.6 Å². The average molecular weight is 273 g/mol. The molecule has 1 aliphatic carbocycles. The van der Waals surface area contributed by atoms with Gasteiger partial charge in [0.2, 0.25) is 5.91 Å². The summed E-state index contributed by atoms with van der Waals surface area (Å²) in [5.74, 6) is 1.53. The van der Waals surface area contributed by atoms with E-state index in [1.807, 2.05) is 13.1 Å². The third kappa shape index (κ3) is 2.22. The van der Waals surface area contributed by atoms with Crippen LogP contribution in [0.15, 0.2) is 12.3 Å². The summed E-state index contributed by atoms with van der Waals surface area (Å²) in [5.41, 5.74) is 2.92. The summed E-state index contributed by atoms with van der Waals surface area (Å²) in [6.07, 6.45) is 1.89. The molecule has 1 aliphatic heterocycles. The van der Waals surface area contributed by atoms with Gasteiger partial charge in [0.1, 0.15) is 0 Å². The van der Waals surface area contributed by atoms with Crippen LogP contribution in [0.25, 0.3) is 0 Å². The van der Waals surface area contributed by atoms with E-state index in [1.54, 1.807) is 0 Å². The zero-order chi connectivity index (χ0) is 14.5. The highest BCUT2D eigenvalue weighted by molar-refractivity contribution is 5.83. The fourth-order valence-electron chi connectivity index (χ4n) is 3.62. The molecule has 0 unspecified atom stereocenters. The normalized spacial score (nSPS) is 28.1. The van der Waals surface area contributed by atoms with Gasteiger partial charge in [-0.05, 0) is 69.8 Å². The molecule has 108 valence electrons. The number of hydrogen-bond donors (Lipinski definition) is 2. The first-order valence-corrected chi connectivity index (χ1v) is 7.36. The summed E-state index contributed by atoms with van der Waals surface area (Å²) in [6.45, 7) is 10.2. The Balaban J connectivity index is 1.73. The van der Waals surface area contributed by atoms with Crippen LogP contribution in [0, 0.1) is 31.6 Å². The Hall–Kier alpha value is -1.42. The van der Waals surface area contributed by atoms with E-state index in [-0.39, 0.29) is 17.4 Å². The highest BCUT2D eigenvalue weighted by Crippen LogP contribution is 2.49. The van der Waals surface area contributed by atoms with Crippen molar-refractivity contribution in [3.8, 4) is 0 Å². The first kappa shape index (κ1) is 13.6. The minimum absolute atomic E-state index is 0.200. The molecule has 0 aromatic carbocycles. The van der Waals surface area contributed by atoms with Gasteiger partial charge in [0.15, 0.2) is 0 Å². The van der Waals surface area contributed by atoms with Gasteiger partial charge in [0, 0.05) is 17.8 Å². The summed E-state index contributed by atoms with van der Waals surface area (Å²) >= 11 is 0. The molecule has 3 rings (SSSR count). The molecule has 2 aliphatic rings. The van der Waals surface area contributed by atoms with Gasteiger partial charge in [0.05, 0.1) is 5.54 Å². The summed E-state index contributed by atoms with van der Waals surface area (Å²) in [4.78, 5) is 16.8. The molecule has 4 nitrogen and oxygen atoms in total. The van der Waals surface area contributed by atoms with E-state index in [9.17, 15) is 4.79 Å². The quantitative estimate of drug-likeness (QED) is 0.878. The molecule has 1 aromatic rings. The molecule has 1 amide bonds. The number of hydrogen-bond acceptors (Lipinski definition) is 3. The first-order chi connectivity index (χ1) is 9.40. The van der Waals surface area contributed by atoms with Crippen LogP contribution in [0.5, 0.6) is 0 Å². The van der Waals surface area contributed by atoms with Crippen molar-refractivity contribution in [2.45, 2.75) is 33.2 Å². The van der Waals surface area contributed by atoms with Crippen LogP contribution in [0.4, 0.5) is 0 Å². The van der Waals surface area contributed by atoms with Crippen molar-refractivity contribution in [2.75, 3.05) is 13.1 Å². The Labute approximate surface area is 120 Å². The van der Waals surface area contributed by atoms with E-state index in [2.05, 4.69) is 42.5 Å². The molecule has 2 N–H and O–H groups in total. The maximum Gasteiger partial charge on any atom is 0.224 e. The molecular weight excluding hydrogens is 250 g/mol. The summed E-state index contributed by atoms with van der Waals surface area (Å²) in [7, 11) is 0. The molecule has 1 aromatic heterocycles. The first-order valence-electron chi connectivity index (χ1n) is 7.36. The third-order valence-electron chi connectivity index (χ3n) is 4.75. The minimum Gasteiger partial charge on any atom is -0.347 e. The number of aromatic nitrogens is 1. The molecule has 4 heteroatoms. The lowest BCUT2D eigenvalue weighted by Crippen LogP contribution is -2.43. The molecule has 0 radical (unpaired) electrons. The minimum atomic E-state index is -0.369. The maximum atomic E-state index is 12.4. The Morgan fingerprint density at radius 1 is 1.35 bits per heavy atom. The van der Waals surface area contributed by atoms with Crippen molar-refractivity contribution in [3.63, 3.8) is 0 Å². The fourth-order valence-corrected chi connectivity index (χ4v) is 3.62. The van der Waals surface area contributed by atoms with E-state index in [1.165, 1.54) is 5.56 Å². The van der Waals surface area contributed by atoms with Crippen LogP contribution in [0.1, 0.15) is 30.7 Å². The van der Waals surface area contributed by atoms with Crippen molar-refractivity contribution in [2.24, 2.45) is 17.8 Å². The topological polar surface area (TPSA) is 54.0 Å². The van der Waals surface area contributed by atoms with E-state index in [0.29, 0.717) is 11.8 Å². The number of fused-ring (bicyclic) bond motifs is 1. The number of aryl methyl sites for hydroxylation is 2. The predicted octanol–water partition coefficient (Wildman–Crippen LogP) is 1.52. The van der Waals surface area contributed by atoms with Gasteiger partial charge in [-0.1, -0.05) is 0 Å². The SMILES string of the molecule is Cc1cc(C)c(C(C)(C)NC(=O)[C@H]2[C@@H]3CNC[C@@H]32)cn1. The standard InChI is InChI=1S/C16H23N3O/c1-9-5-10(2)18-8-13(9)16(3,4)19-15(20)14-11-6-17-7-12(11)14/h5,8,11-12,14,17H,6-7H2,1-4H3,(H,19,20)/t11-,12+,14+. The molecular formula is C16H23N3O. The van der Waals surface area contributed by atoms with Crippen LogP contribution in [0.3, 0.4) is 0 Å². The fraction of sp³-hybridized carbons (Fsp3) is 0.625. The van der Waals surface area contributed by atoms with Gasteiger partial charge in [-0.3, -0.25) is 9.78 Å². The van der Waals surface area contributed by atoms with Crippen LogP contribution >= 0.6 is 0 Å². The van der Waals surface area contributed by atoms with Crippen molar-refractivity contribution >= 4 is 5.91 Å². The molecule has 2 fully saturated rings. The molecule has 1 saturated carbocycles. The smallest absolute Gasteiger partial charge is 0.224 e. The molecule has 2 heterocycles. The van der Waals surface area contributed by atoms with Gasteiger partial charge in [-0.25, -0.2) is 0 Å². The lowest BCUT2D eigenvalue weighted by atomic mass is 9.91. The van der Waals surface area contributed by atoms with E-state index >= 15 is 0 Å². The number of carbonyl (C=O) groups is 1. The second-order valence-electron chi connectivity index (χ2n) is 6.77. The second-order valence-corrected chi connectivity index (χ2v) is 6.77. The van der Waals surface area contributed by atoms with Gasteiger partial charge < -0.3 is 10.6 Å². The average Bonchev–Trinajstić information content (AvgIpc) is 2.83. The largest absolute Gasteiger partial charge is 0.347 e. The van der Waals surface area contributed by atoms with Crippen molar-refractivity contribution < 1.29 is 4.79 Å².